The van der Waals surface area contributed by atoms with Gasteiger partial charge in [-0.05, 0) is 37.7 Å². The number of carbonyl (C=O) groups excluding carboxylic acids is 3. The van der Waals surface area contributed by atoms with Crippen LogP contribution < -0.4 is 5.32 Å². The van der Waals surface area contributed by atoms with Crippen LogP contribution in [0.2, 0.25) is 0 Å². The summed E-state index contributed by atoms with van der Waals surface area (Å²) in [5.74, 6) is 0.469. The summed E-state index contributed by atoms with van der Waals surface area (Å²) in [5.41, 5.74) is 0.562. The number of hydrogen-bond donors (Lipinski definition) is 1. The van der Waals surface area contributed by atoms with Crippen LogP contribution in [0, 0.1) is 11.8 Å². The molecule has 26 heavy (non-hydrogen) atoms. The molecule has 1 atom stereocenters. The molecule has 2 aliphatic rings. The highest BCUT2D eigenvalue weighted by Crippen LogP contribution is 2.24. The van der Waals surface area contributed by atoms with Crippen LogP contribution in [-0.4, -0.2) is 60.2 Å². The van der Waals surface area contributed by atoms with E-state index in [1.807, 2.05) is 4.90 Å². The maximum absolute atomic E-state index is 12.9. The first-order valence-electron chi connectivity index (χ1n) is 9.39. The fraction of sp³-hybridized carbons (Fsp3) is 0.632. The molecule has 0 aromatic carbocycles. The maximum atomic E-state index is 12.9. The molecule has 1 aromatic heterocycles. The largest absolute Gasteiger partial charge is 0.472 e. The van der Waals surface area contributed by atoms with E-state index in [-0.39, 0.29) is 23.6 Å². The molecule has 0 radical (unpaired) electrons. The lowest BCUT2D eigenvalue weighted by atomic mass is 9.92. The van der Waals surface area contributed by atoms with Crippen LogP contribution in [0.3, 0.4) is 0 Å². The van der Waals surface area contributed by atoms with Gasteiger partial charge in [-0.15, -0.1) is 0 Å². The lowest BCUT2D eigenvalue weighted by Gasteiger charge is -2.37. The Kier molecular flexibility index (Phi) is 5.96. The molecule has 0 saturated carbocycles. The predicted molar refractivity (Wildman–Crippen MR) is 95.3 cm³/mol. The van der Waals surface area contributed by atoms with E-state index >= 15 is 0 Å². The number of hydrogen-bond acceptors (Lipinski definition) is 4. The molecule has 1 N–H and O–H groups in total. The van der Waals surface area contributed by atoms with Gasteiger partial charge >= 0.3 is 0 Å². The fourth-order valence-electron chi connectivity index (χ4n) is 3.88. The van der Waals surface area contributed by atoms with Crippen molar-refractivity contribution >= 4 is 17.7 Å². The fourth-order valence-corrected chi connectivity index (χ4v) is 3.88. The Balaban J connectivity index is 1.48. The standard InChI is InChI=1S/C19H27N3O4/c1-14(23)20-11-15-3-2-7-22(12-15)18(24)16-4-8-21(9-5-16)19(25)17-6-10-26-13-17/h6,10,13,15-16H,2-5,7-9,11-12H2,1H3,(H,20,23). The van der Waals surface area contributed by atoms with Gasteiger partial charge in [-0.3, -0.25) is 14.4 Å². The smallest absolute Gasteiger partial charge is 0.257 e. The van der Waals surface area contributed by atoms with Gasteiger partial charge in [0.15, 0.2) is 0 Å². The van der Waals surface area contributed by atoms with Crippen molar-refractivity contribution in [3.05, 3.63) is 24.2 Å². The van der Waals surface area contributed by atoms with Gasteiger partial charge in [-0.1, -0.05) is 0 Å². The number of carbonyl (C=O) groups is 3. The maximum Gasteiger partial charge on any atom is 0.257 e. The molecular weight excluding hydrogens is 334 g/mol. The summed E-state index contributed by atoms with van der Waals surface area (Å²) >= 11 is 0. The van der Waals surface area contributed by atoms with Crippen LogP contribution in [0.25, 0.3) is 0 Å². The lowest BCUT2D eigenvalue weighted by Crippen LogP contribution is -2.48. The molecular formula is C19H27N3O4. The van der Waals surface area contributed by atoms with E-state index in [1.165, 1.54) is 19.5 Å². The minimum atomic E-state index is -0.0296. The van der Waals surface area contributed by atoms with Gasteiger partial charge < -0.3 is 19.5 Å². The molecule has 3 amide bonds. The van der Waals surface area contributed by atoms with Crippen molar-refractivity contribution in [3.63, 3.8) is 0 Å². The van der Waals surface area contributed by atoms with Gasteiger partial charge in [0.25, 0.3) is 5.91 Å². The highest BCUT2D eigenvalue weighted by Gasteiger charge is 2.32. The zero-order valence-electron chi connectivity index (χ0n) is 15.3. The number of rotatable bonds is 4. The van der Waals surface area contributed by atoms with Gasteiger partial charge in [0.1, 0.15) is 6.26 Å². The minimum Gasteiger partial charge on any atom is -0.472 e. The number of nitrogens with zero attached hydrogens (tertiary/aromatic N) is 2. The monoisotopic (exact) mass is 361 g/mol. The van der Waals surface area contributed by atoms with Crippen LogP contribution in [0.15, 0.2) is 23.0 Å². The van der Waals surface area contributed by atoms with Crippen molar-refractivity contribution in [2.45, 2.75) is 32.6 Å². The SMILES string of the molecule is CC(=O)NCC1CCCN(C(=O)C2CCN(C(=O)c3ccoc3)CC2)C1. The minimum absolute atomic E-state index is 0.0112. The Labute approximate surface area is 153 Å². The molecule has 7 heteroatoms. The summed E-state index contributed by atoms with van der Waals surface area (Å²) in [6.45, 7) is 4.87. The van der Waals surface area contributed by atoms with E-state index in [0.29, 0.717) is 50.5 Å². The first-order chi connectivity index (χ1) is 12.5. The summed E-state index contributed by atoms with van der Waals surface area (Å²) in [7, 11) is 0. The predicted octanol–water partition coefficient (Wildman–Crippen LogP) is 1.51. The molecule has 142 valence electrons. The van der Waals surface area contributed by atoms with Crippen LogP contribution in [0.4, 0.5) is 0 Å². The van der Waals surface area contributed by atoms with Crippen LogP contribution in [0.1, 0.15) is 43.0 Å². The number of nitrogens with one attached hydrogen (secondary N) is 1. The molecule has 1 aromatic rings. The van der Waals surface area contributed by atoms with E-state index in [4.69, 9.17) is 4.42 Å². The number of amides is 3. The Morgan fingerprint density at radius 1 is 1.15 bits per heavy atom. The quantitative estimate of drug-likeness (QED) is 0.881. The average Bonchev–Trinajstić information content (AvgIpc) is 3.20. The molecule has 7 nitrogen and oxygen atoms in total. The Bertz CT molecular complexity index is 635. The second-order valence-electron chi connectivity index (χ2n) is 7.31. The molecule has 2 saturated heterocycles. The normalized spacial score (nSPS) is 21.5. The van der Waals surface area contributed by atoms with Crippen molar-refractivity contribution in [3.8, 4) is 0 Å². The van der Waals surface area contributed by atoms with E-state index in [2.05, 4.69) is 5.32 Å². The number of piperidine rings is 2. The van der Waals surface area contributed by atoms with Gasteiger partial charge in [0.2, 0.25) is 11.8 Å². The highest BCUT2D eigenvalue weighted by atomic mass is 16.3. The zero-order valence-corrected chi connectivity index (χ0v) is 15.3. The third-order valence-corrected chi connectivity index (χ3v) is 5.37. The molecule has 2 fully saturated rings. The van der Waals surface area contributed by atoms with E-state index < -0.39 is 0 Å². The van der Waals surface area contributed by atoms with Crippen LogP contribution in [-0.2, 0) is 9.59 Å². The zero-order chi connectivity index (χ0) is 18.5. The molecule has 2 aliphatic heterocycles. The Morgan fingerprint density at radius 2 is 1.92 bits per heavy atom. The lowest BCUT2D eigenvalue weighted by molar-refractivity contribution is -0.138. The van der Waals surface area contributed by atoms with E-state index in [9.17, 15) is 14.4 Å². The number of likely N-dealkylation sites (tertiary alicyclic amines) is 2. The summed E-state index contributed by atoms with van der Waals surface area (Å²) in [4.78, 5) is 40.0. The van der Waals surface area contributed by atoms with Gasteiger partial charge in [-0.25, -0.2) is 0 Å². The second kappa shape index (κ2) is 8.38. The molecule has 3 rings (SSSR count). The van der Waals surface area contributed by atoms with Gasteiger partial charge in [0, 0.05) is 45.6 Å². The number of furan rings is 1. The van der Waals surface area contributed by atoms with Crippen molar-refractivity contribution in [2.24, 2.45) is 11.8 Å². The molecule has 0 bridgehead atoms. The van der Waals surface area contributed by atoms with E-state index in [1.54, 1.807) is 11.0 Å². The molecule has 3 heterocycles. The summed E-state index contributed by atoms with van der Waals surface area (Å²) < 4.78 is 4.98. The molecule has 0 aliphatic carbocycles. The first kappa shape index (κ1) is 18.5. The molecule has 0 spiro atoms. The highest BCUT2D eigenvalue weighted by molar-refractivity contribution is 5.94. The van der Waals surface area contributed by atoms with Gasteiger partial charge in [-0.2, -0.15) is 0 Å². The topological polar surface area (TPSA) is 82.9 Å². The van der Waals surface area contributed by atoms with E-state index in [0.717, 1.165) is 19.4 Å². The van der Waals surface area contributed by atoms with Gasteiger partial charge in [0.05, 0.1) is 11.8 Å². The van der Waals surface area contributed by atoms with Crippen LogP contribution in [0.5, 0.6) is 0 Å². The third-order valence-electron chi connectivity index (χ3n) is 5.37. The summed E-state index contributed by atoms with van der Waals surface area (Å²) in [6.07, 6.45) is 6.39. The first-order valence-corrected chi connectivity index (χ1v) is 9.39. The third kappa shape index (κ3) is 4.45. The van der Waals surface area contributed by atoms with Crippen molar-refractivity contribution in [2.75, 3.05) is 32.7 Å². The van der Waals surface area contributed by atoms with Crippen molar-refractivity contribution in [1.29, 1.82) is 0 Å². The Morgan fingerprint density at radius 3 is 2.58 bits per heavy atom. The van der Waals surface area contributed by atoms with Crippen molar-refractivity contribution in [1.82, 2.24) is 15.1 Å². The average molecular weight is 361 g/mol. The second-order valence-corrected chi connectivity index (χ2v) is 7.31. The summed E-state index contributed by atoms with van der Waals surface area (Å²) in [5, 5.41) is 2.86. The molecule has 1 unspecified atom stereocenters. The van der Waals surface area contributed by atoms with Crippen molar-refractivity contribution < 1.29 is 18.8 Å². The Hall–Kier alpha value is -2.31. The summed E-state index contributed by atoms with van der Waals surface area (Å²) in [6, 6.07) is 1.67. The van der Waals surface area contributed by atoms with Crippen LogP contribution >= 0.6 is 0 Å².